The monoisotopic (exact) mass is 387 g/mol. The largest absolute Gasteiger partial charge is 0.350 e. The standard InChI is InChI=1S/C24H25N3O2/c28-23-16-22(20-8-4-5-9-20)26-17-27(23)15-14-25-24(29)21-12-10-19(11-13-21)18-6-2-1-3-7-18/h1-3,6-7,10-13,16-17,20H,4-5,8-9,14-15H2,(H,25,29). The number of amides is 1. The molecule has 1 aliphatic rings. The minimum absolute atomic E-state index is 0.0524. The number of carbonyl (C=O) groups is 1. The molecule has 3 aromatic rings. The fraction of sp³-hybridized carbons (Fsp3) is 0.292. The molecule has 0 aliphatic heterocycles. The third kappa shape index (κ3) is 4.62. The van der Waals surface area contributed by atoms with Gasteiger partial charge in [0.1, 0.15) is 0 Å². The predicted molar refractivity (Wildman–Crippen MR) is 114 cm³/mol. The molecule has 0 atom stereocenters. The molecule has 0 unspecified atom stereocenters. The molecule has 1 N–H and O–H groups in total. The van der Waals surface area contributed by atoms with E-state index in [-0.39, 0.29) is 11.5 Å². The highest BCUT2D eigenvalue weighted by molar-refractivity contribution is 5.94. The van der Waals surface area contributed by atoms with E-state index in [1.54, 1.807) is 17.0 Å². The zero-order chi connectivity index (χ0) is 20.1. The van der Waals surface area contributed by atoms with Gasteiger partial charge in [-0.2, -0.15) is 0 Å². The number of nitrogens with one attached hydrogen (secondary N) is 1. The second-order valence-corrected chi connectivity index (χ2v) is 7.53. The summed E-state index contributed by atoms with van der Waals surface area (Å²) < 4.78 is 1.55. The first-order valence-corrected chi connectivity index (χ1v) is 10.2. The van der Waals surface area contributed by atoms with Crippen molar-refractivity contribution in [2.45, 2.75) is 38.1 Å². The number of rotatable bonds is 6. The molecule has 0 saturated heterocycles. The molecule has 1 aliphatic carbocycles. The van der Waals surface area contributed by atoms with E-state index < -0.39 is 0 Å². The van der Waals surface area contributed by atoms with E-state index in [4.69, 9.17) is 0 Å². The zero-order valence-corrected chi connectivity index (χ0v) is 16.4. The van der Waals surface area contributed by atoms with Crippen LogP contribution >= 0.6 is 0 Å². The Morgan fingerprint density at radius 2 is 1.69 bits per heavy atom. The van der Waals surface area contributed by atoms with Crippen LogP contribution in [-0.2, 0) is 6.54 Å². The van der Waals surface area contributed by atoms with E-state index >= 15 is 0 Å². The van der Waals surface area contributed by atoms with Gasteiger partial charge in [-0.15, -0.1) is 0 Å². The lowest BCUT2D eigenvalue weighted by atomic mass is 10.0. The smallest absolute Gasteiger partial charge is 0.253 e. The van der Waals surface area contributed by atoms with Crippen LogP contribution < -0.4 is 10.9 Å². The summed E-state index contributed by atoms with van der Waals surface area (Å²) in [7, 11) is 0. The van der Waals surface area contributed by atoms with Crippen molar-refractivity contribution in [2.75, 3.05) is 6.54 Å². The van der Waals surface area contributed by atoms with Crippen LogP contribution in [-0.4, -0.2) is 22.0 Å². The Kier molecular flexibility index (Phi) is 5.84. The molecule has 0 bridgehead atoms. The summed E-state index contributed by atoms with van der Waals surface area (Å²) in [4.78, 5) is 29.2. The van der Waals surface area contributed by atoms with Gasteiger partial charge in [0.15, 0.2) is 0 Å². The summed E-state index contributed by atoms with van der Waals surface area (Å²) in [5.41, 5.74) is 3.65. The van der Waals surface area contributed by atoms with Crippen molar-refractivity contribution in [3.8, 4) is 11.1 Å². The maximum atomic E-state index is 12.4. The van der Waals surface area contributed by atoms with E-state index in [9.17, 15) is 9.59 Å². The van der Waals surface area contributed by atoms with Gasteiger partial charge in [-0.3, -0.25) is 14.2 Å². The van der Waals surface area contributed by atoms with Crippen LogP contribution in [0.3, 0.4) is 0 Å². The first kappa shape index (κ1) is 19.1. The SMILES string of the molecule is O=C(NCCn1cnc(C2CCCC2)cc1=O)c1ccc(-c2ccccc2)cc1. The lowest BCUT2D eigenvalue weighted by molar-refractivity contribution is 0.0952. The molecule has 29 heavy (non-hydrogen) atoms. The molecule has 5 heteroatoms. The van der Waals surface area contributed by atoms with Crippen LogP contribution in [0.2, 0.25) is 0 Å². The Hall–Kier alpha value is -3.21. The summed E-state index contributed by atoms with van der Waals surface area (Å²) in [6.45, 7) is 0.786. The Bertz CT molecular complexity index is 1020. The maximum Gasteiger partial charge on any atom is 0.253 e. The molecule has 0 spiro atoms. The quantitative estimate of drug-likeness (QED) is 0.695. The Balaban J connectivity index is 1.32. The number of carbonyl (C=O) groups excluding carboxylic acids is 1. The van der Waals surface area contributed by atoms with Gasteiger partial charge >= 0.3 is 0 Å². The van der Waals surface area contributed by atoms with E-state index in [0.29, 0.717) is 24.6 Å². The van der Waals surface area contributed by atoms with Crippen molar-refractivity contribution >= 4 is 5.91 Å². The lowest BCUT2D eigenvalue weighted by Crippen LogP contribution is -2.31. The fourth-order valence-corrected chi connectivity index (χ4v) is 3.89. The van der Waals surface area contributed by atoms with Crippen LogP contribution in [0.1, 0.15) is 47.7 Å². The van der Waals surface area contributed by atoms with Crippen molar-refractivity contribution in [1.82, 2.24) is 14.9 Å². The molecule has 2 aromatic carbocycles. The van der Waals surface area contributed by atoms with Crippen LogP contribution in [0.25, 0.3) is 11.1 Å². The second kappa shape index (κ2) is 8.86. The topological polar surface area (TPSA) is 64.0 Å². The average molecular weight is 387 g/mol. The van der Waals surface area contributed by atoms with Gasteiger partial charge in [0.25, 0.3) is 11.5 Å². The Labute approximate surface area is 170 Å². The fourth-order valence-electron chi connectivity index (χ4n) is 3.89. The number of nitrogens with zero attached hydrogens (tertiary/aromatic N) is 2. The highest BCUT2D eigenvalue weighted by atomic mass is 16.1. The van der Waals surface area contributed by atoms with E-state index in [2.05, 4.69) is 10.3 Å². The Morgan fingerprint density at radius 3 is 2.38 bits per heavy atom. The first-order chi connectivity index (χ1) is 14.2. The van der Waals surface area contributed by atoms with E-state index in [1.807, 2.05) is 54.6 Å². The average Bonchev–Trinajstić information content (AvgIpc) is 3.30. The van der Waals surface area contributed by atoms with Crippen LogP contribution in [0.5, 0.6) is 0 Å². The molecule has 4 rings (SSSR count). The van der Waals surface area contributed by atoms with Gasteiger partial charge in [0.05, 0.1) is 12.0 Å². The van der Waals surface area contributed by atoms with Gasteiger partial charge < -0.3 is 5.32 Å². The highest BCUT2D eigenvalue weighted by Gasteiger charge is 2.18. The summed E-state index contributed by atoms with van der Waals surface area (Å²) >= 11 is 0. The number of benzene rings is 2. The molecule has 1 saturated carbocycles. The third-order valence-electron chi connectivity index (χ3n) is 5.57. The second-order valence-electron chi connectivity index (χ2n) is 7.53. The minimum atomic E-state index is -0.145. The molecular formula is C24H25N3O2. The Morgan fingerprint density at radius 1 is 1.00 bits per heavy atom. The molecule has 5 nitrogen and oxygen atoms in total. The predicted octanol–water partition coefficient (Wildman–Crippen LogP) is 4.00. The molecule has 1 amide bonds. The normalized spacial score (nSPS) is 14.1. The summed E-state index contributed by atoms with van der Waals surface area (Å²) in [6.07, 6.45) is 6.28. The molecule has 1 fully saturated rings. The minimum Gasteiger partial charge on any atom is -0.350 e. The van der Waals surface area contributed by atoms with Crippen LogP contribution in [0.4, 0.5) is 0 Å². The van der Waals surface area contributed by atoms with Gasteiger partial charge in [-0.1, -0.05) is 55.3 Å². The van der Waals surface area contributed by atoms with Gasteiger partial charge in [0.2, 0.25) is 0 Å². The van der Waals surface area contributed by atoms with Crippen LogP contribution in [0, 0.1) is 0 Å². The maximum absolute atomic E-state index is 12.4. The highest BCUT2D eigenvalue weighted by Crippen LogP contribution is 2.32. The molecule has 148 valence electrons. The van der Waals surface area contributed by atoms with Crippen molar-refractivity contribution < 1.29 is 4.79 Å². The van der Waals surface area contributed by atoms with Crippen molar-refractivity contribution in [3.63, 3.8) is 0 Å². The zero-order valence-electron chi connectivity index (χ0n) is 16.4. The van der Waals surface area contributed by atoms with Crippen LogP contribution in [0.15, 0.2) is 71.8 Å². The molecule has 1 aromatic heterocycles. The number of hydrogen-bond donors (Lipinski definition) is 1. The van der Waals surface area contributed by atoms with Gasteiger partial charge in [-0.05, 0) is 36.1 Å². The summed E-state index contributed by atoms with van der Waals surface area (Å²) in [5.74, 6) is 0.282. The van der Waals surface area contributed by atoms with E-state index in [0.717, 1.165) is 29.7 Å². The molecule has 0 radical (unpaired) electrons. The summed E-state index contributed by atoms with van der Waals surface area (Å²) in [6, 6.07) is 19.2. The van der Waals surface area contributed by atoms with Gasteiger partial charge in [-0.25, -0.2) is 4.98 Å². The lowest BCUT2D eigenvalue weighted by Gasteiger charge is -2.11. The molecular weight excluding hydrogens is 362 g/mol. The van der Waals surface area contributed by atoms with Gasteiger partial charge in [0, 0.05) is 30.6 Å². The van der Waals surface area contributed by atoms with Crippen molar-refractivity contribution in [2.24, 2.45) is 0 Å². The summed E-state index contributed by atoms with van der Waals surface area (Å²) in [5, 5.41) is 2.88. The van der Waals surface area contributed by atoms with Crippen molar-refractivity contribution in [1.29, 1.82) is 0 Å². The third-order valence-corrected chi connectivity index (χ3v) is 5.57. The van der Waals surface area contributed by atoms with Crippen molar-refractivity contribution in [3.05, 3.63) is 88.6 Å². The number of aromatic nitrogens is 2. The molecule has 1 heterocycles. The number of hydrogen-bond acceptors (Lipinski definition) is 3. The van der Waals surface area contributed by atoms with E-state index in [1.165, 1.54) is 12.8 Å². The first-order valence-electron chi connectivity index (χ1n) is 10.2.